The van der Waals surface area contributed by atoms with Gasteiger partial charge in [-0.05, 0) is 36.8 Å². The van der Waals surface area contributed by atoms with Crippen LogP contribution in [0.4, 0.5) is 11.4 Å². The number of benzene rings is 2. The molecule has 0 bridgehead atoms. The van der Waals surface area contributed by atoms with Crippen molar-refractivity contribution in [2.24, 2.45) is 4.99 Å². The normalized spacial score (nSPS) is 10.8. The molecule has 2 rings (SSSR count). The summed E-state index contributed by atoms with van der Waals surface area (Å²) >= 11 is 0. The molecular weight excluding hydrogens is 288 g/mol. The van der Waals surface area contributed by atoms with Gasteiger partial charge in [0.05, 0.1) is 16.2 Å². The van der Waals surface area contributed by atoms with Crippen LogP contribution in [0.15, 0.2) is 41.4 Å². The van der Waals surface area contributed by atoms with Crippen LogP contribution >= 0.6 is 0 Å². The Kier molecular flexibility index (Phi) is 4.17. The van der Waals surface area contributed by atoms with Gasteiger partial charge in [-0.1, -0.05) is 0 Å². The topological polar surface area (TPSA) is 113 Å². The highest BCUT2D eigenvalue weighted by Gasteiger charge is 2.09. The van der Waals surface area contributed by atoms with Crippen molar-refractivity contribution in [3.63, 3.8) is 0 Å². The number of non-ortho nitro benzene ring substituents is 1. The Morgan fingerprint density at radius 2 is 2.00 bits per heavy atom. The number of carboxylic acids is 1. The fourth-order valence-electron chi connectivity index (χ4n) is 1.83. The van der Waals surface area contributed by atoms with E-state index in [0.29, 0.717) is 11.3 Å². The third-order valence-electron chi connectivity index (χ3n) is 3.01. The minimum absolute atomic E-state index is 0.130. The van der Waals surface area contributed by atoms with Gasteiger partial charge in [0.25, 0.3) is 5.69 Å². The SMILES string of the molecule is Cc1cc(C(=O)O)ccc1N=Cc1cc([N+](=O)[O-])ccc1O. The third kappa shape index (κ3) is 3.26. The second-order valence-corrected chi connectivity index (χ2v) is 4.56. The molecule has 0 aliphatic carbocycles. The Labute approximate surface area is 125 Å². The number of carbonyl (C=O) groups is 1. The Bertz CT molecular complexity index is 783. The van der Waals surface area contributed by atoms with Crippen LogP contribution in [0.2, 0.25) is 0 Å². The Balaban J connectivity index is 2.34. The molecule has 112 valence electrons. The molecule has 0 saturated carbocycles. The van der Waals surface area contributed by atoms with Gasteiger partial charge in [-0.2, -0.15) is 0 Å². The molecule has 0 aliphatic heterocycles. The number of aromatic carboxylic acids is 1. The molecule has 0 amide bonds. The molecule has 0 aliphatic rings. The Morgan fingerprint density at radius 3 is 2.59 bits per heavy atom. The van der Waals surface area contributed by atoms with Crippen molar-refractivity contribution in [3.8, 4) is 5.75 Å². The predicted molar refractivity (Wildman–Crippen MR) is 80.2 cm³/mol. The van der Waals surface area contributed by atoms with Crippen molar-refractivity contribution in [2.45, 2.75) is 6.92 Å². The van der Waals surface area contributed by atoms with Crippen molar-refractivity contribution in [1.29, 1.82) is 0 Å². The van der Waals surface area contributed by atoms with E-state index in [0.717, 1.165) is 0 Å². The van der Waals surface area contributed by atoms with E-state index in [9.17, 15) is 20.0 Å². The molecule has 0 fully saturated rings. The molecule has 22 heavy (non-hydrogen) atoms. The number of aliphatic imine (C=N–C) groups is 1. The summed E-state index contributed by atoms with van der Waals surface area (Å²) in [5, 5.41) is 29.3. The number of hydrogen-bond acceptors (Lipinski definition) is 5. The maximum absolute atomic E-state index is 10.9. The van der Waals surface area contributed by atoms with E-state index in [2.05, 4.69) is 4.99 Å². The second-order valence-electron chi connectivity index (χ2n) is 4.56. The predicted octanol–water partition coefficient (Wildman–Crippen LogP) is 3.06. The van der Waals surface area contributed by atoms with E-state index >= 15 is 0 Å². The molecule has 0 radical (unpaired) electrons. The van der Waals surface area contributed by atoms with Crippen LogP contribution in [-0.4, -0.2) is 27.3 Å². The summed E-state index contributed by atoms with van der Waals surface area (Å²) in [6.07, 6.45) is 1.30. The van der Waals surface area contributed by atoms with Crippen molar-refractivity contribution in [2.75, 3.05) is 0 Å². The lowest BCUT2D eigenvalue weighted by atomic mass is 10.1. The summed E-state index contributed by atoms with van der Waals surface area (Å²) in [7, 11) is 0. The standard InChI is InChI=1S/C15H12N2O5/c1-9-6-10(15(19)20)2-4-13(9)16-8-11-7-12(17(21)22)3-5-14(11)18/h2-8,18H,1H3,(H,19,20). The summed E-state index contributed by atoms with van der Waals surface area (Å²) in [5.41, 5.74) is 1.35. The molecule has 0 aromatic heterocycles. The molecule has 7 heteroatoms. The molecule has 2 aromatic carbocycles. The number of hydrogen-bond donors (Lipinski definition) is 2. The fourth-order valence-corrected chi connectivity index (χ4v) is 1.83. The molecule has 2 N–H and O–H groups in total. The van der Waals surface area contributed by atoms with Gasteiger partial charge in [0.1, 0.15) is 5.75 Å². The van der Waals surface area contributed by atoms with Crippen LogP contribution in [0.3, 0.4) is 0 Å². The maximum atomic E-state index is 10.9. The molecule has 0 atom stereocenters. The highest BCUT2D eigenvalue weighted by atomic mass is 16.6. The largest absolute Gasteiger partial charge is 0.507 e. The number of phenols is 1. The smallest absolute Gasteiger partial charge is 0.335 e. The number of phenolic OH excluding ortho intramolecular Hbond substituents is 1. The van der Waals surface area contributed by atoms with Gasteiger partial charge in [0, 0.05) is 23.9 Å². The van der Waals surface area contributed by atoms with E-state index in [1.54, 1.807) is 6.92 Å². The Hall–Kier alpha value is -3.22. The first-order valence-electron chi connectivity index (χ1n) is 6.24. The quantitative estimate of drug-likeness (QED) is 0.512. The lowest BCUT2D eigenvalue weighted by Gasteiger charge is -2.02. The van der Waals surface area contributed by atoms with Gasteiger partial charge >= 0.3 is 5.97 Å². The van der Waals surface area contributed by atoms with Gasteiger partial charge in [0.15, 0.2) is 0 Å². The monoisotopic (exact) mass is 300 g/mol. The second kappa shape index (κ2) is 6.04. The molecule has 0 spiro atoms. The van der Waals surface area contributed by atoms with Gasteiger partial charge < -0.3 is 10.2 Å². The number of rotatable bonds is 4. The zero-order chi connectivity index (χ0) is 16.3. The molecule has 0 heterocycles. The summed E-state index contributed by atoms with van der Waals surface area (Å²) in [6.45, 7) is 1.70. The number of nitro benzene ring substituents is 1. The lowest BCUT2D eigenvalue weighted by molar-refractivity contribution is -0.384. The van der Waals surface area contributed by atoms with Gasteiger partial charge in [-0.3, -0.25) is 15.1 Å². The van der Waals surface area contributed by atoms with Crippen molar-refractivity contribution in [3.05, 3.63) is 63.2 Å². The summed E-state index contributed by atoms with van der Waals surface area (Å²) in [4.78, 5) is 25.1. The lowest BCUT2D eigenvalue weighted by Crippen LogP contribution is -1.96. The molecule has 0 saturated heterocycles. The number of carboxylic acid groups (broad SMARTS) is 1. The minimum Gasteiger partial charge on any atom is -0.507 e. The van der Waals surface area contributed by atoms with Crippen LogP contribution in [0, 0.1) is 17.0 Å². The number of aromatic hydroxyl groups is 1. The highest BCUT2D eigenvalue weighted by molar-refractivity contribution is 5.89. The summed E-state index contributed by atoms with van der Waals surface area (Å²) in [5.74, 6) is -1.16. The van der Waals surface area contributed by atoms with Crippen LogP contribution in [0.5, 0.6) is 5.75 Å². The van der Waals surface area contributed by atoms with Gasteiger partial charge in [0.2, 0.25) is 0 Å². The molecule has 7 nitrogen and oxygen atoms in total. The van der Waals surface area contributed by atoms with E-state index in [1.165, 1.54) is 42.6 Å². The average Bonchev–Trinajstić information content (AvgIpc) is 2.47. The fraction of sp³-hybridized carbons (Fsp3) is 0.0667. The molecular formula is C15H12N2O5. The number of aryl methyl sites for hydroxylation is 1. The minimum atomic E-state index is -1.03. The van der Waals surface area contributed by atoms with E-state index in [4.69, 9.17) is 5.11 Å². The van der Waals surface area contributed by atoms with Crippen LogP contribution in [0.1, 0.15) is 21.5 Å². The van der Waals surface area contributed by atoms with Crippen LogP contribution in [-0.2, 0) is 0 Å². The highest BCUT2D eigenvalue weighted by Crippen LogP contribution is 2.24. The Morgan fingerprint density at radius 1 is 1.27 bits per heavy atom. The average molecular weight is 300 g/mol. The number of nitro groups is 1. The van der Waals surface area contributed by atoms with E-state index < -0.39 is 10.9 Å². The summed E-state index contributed by atoms with van der Waals surface area (Å²) in [6, 6.07) is 8.04. The van der Waals surface area contributed by atoms with Gasteiger partial charge in [-0.15, -0.1) is 0 Å². The summed E-state index contributed by atoms with van der Waals surface area (Å²) < 4.78 is 0. The third-order valence-corrected chi connectivity index (χ3v) is 3.01. The maximum Gasteiger partial charge on any atom is 0.335 e. The first-order valence-corrected chi connectivity index (χ1v) is 6.24. The van der Waals surface area contributed by atoms with E-state index in [-0.39, 0.29) is 22.6 Å². The zero-order valence-corrected chi connectivity index (χ0v) is 11.6. The van der Waals surface area contributed by atoms with E-state index in [1.807, 2.05) is 0 Å². The first kappa shape index (κ1) is 15.2. The van der Waals surface area contributed by atoms with Crippen LogP contribution in [0.25, 0.3) is 0 Å². The molecule has 0 unspecified atom stereocenters. The van der Waals surface area contributed by atoms with Crippen molar-refractivity contribution >= 4 is 23.6 Å². The molecule has 2 aromatic rings. The first-order chi connectivity index (χ1) is 10.4. The van der Waals surface area contributed by atoms with Crippen molar-refractivity contribution < 1.29 is 19.9 Å². The number of nitrogens with zero attached hydrogens (tertiary/aromatic N) is 2. The van der Waals surface area contributed by atoms with Crippen molar-refractivity contribution in [1.82, 2.24) is 0 Å². The zero-order valence-electron chi connectivity index (χ0n) is 11.6. The van der Waals surface area contributed by atoms with Gasteiger partial charge in [-0.25, -0.2) is 4.79 Å². The van der Waals surface area contributed by atoms with Crippen LogP contribution < -0.4 is 0 Å².